The molecular weight excluding hydrogens is 218 g/mol. The lowest BCUT2D eigenvalue weighted by atomic mass is 10.2. The molecule has 0 aliphatic carbocycles. The van der Waals surface area contributed by atoms with Gasteiger partial charge in [-0.1, -0.05) is 0 Å². The van der Waals surface area contributed by atoms with Crippen LogP contribution in [0.4, 0.5) is 5.95 Å². The SMILES string of the molecule is [C-]#[N+]c1ncc(-c2ccc(CCC=O)o2)cn1. The number of aryl methyl sites for hydroxylation is 1. The van der Waals surface area contributed by atoms with Gasteiger partial charge in [0, 0.05) is 12.8 Å². The molecule has 5 heteroatoms. The van der Waals surface area contributed by atoms with Gasteiger partial charge in [0.15, 0.2) is 0 Å². The average Bonchev–Trinajstić information content (AvgIpc) is 2.85. The topological polar surface area (TPSA) is 60.4 Å². The van der Waals surface area contributed by atoms with Crippen molar-refractivity contribution < 1.29 is 9.21 Å². The van der Waals surface area contributed by atoms with Gasteiger partial charge >= 0.3 is 5.95 Å². The van der Waals surface area contributed by atoms with Crippen LogP contribution in [0.5, 0.6) is 0 Å². The summed E-state index contributed by atoms with van der Waals surface area (Å²) in [4.78, 5) is 21.1. The molecular formula is C12H9N3O2. The van der Waals surface area contributed by atoms with E-state index in [1.165, 1.54) is 0 Å². The molecule has 0 atom stereocenters. The smallest absolute Gasteiger partial charge is 0.371 e. The number of furan rings is 1. The Morgan fingerprint density at radius 2 is 2.12 bits per heavy atom. The zero-order valence-electron chi connectivity index (χ0n) is 8.96. The van der Waals surface area contributed by atoms with Crippen molar-refractivity contribution in [1.82, 2.24) is 9.97 Å². The molecule has 0 unspecified atom stereocenters. The zero-order chi connectivity index (χ0) is 12.1. The van der Waals surface area contributed by atoms with Gasteiger partial charge in [-0.15, -0.1) is 6.57 Å². The van der Waals surface area contributed by atoms with Gasteiger partial charge in [-0.25, -0.2) is 0 Å². The second-order valence-electron chi connectivity index (χ2n) is 3.35. The summed E-state index contributed by atoms with van der Waals surface area (Å²) in [5, 5.41) is 0. The molecule has 0 aliphatic rings. The molecule has 2 rings (SSSR count). The highest BCUT2D eigenvalue weighted by molar-refractivity contribution is 5.56. The predicted molar refractivity (Wildman–Crippen MR) is 60.4 cm³/mol. The normalized spacial score (nSPS) is 9.82. The van der Waals surface area contributed by atoms with Crippen LogP contribution in [0.15, 0.2) is 28.9 Å². The minimum atomic E-state index is 0.112. The van der Waals surface area contributed by atoms with Gasteiger partial charge in [0.25, 0.3) is 0 Å². The van der Waals surface area contributed by atoms with Crippen molar-refractivity contribution in [1.29, 1.82) is 0 Å². The molecule has 0 aliphatic heterocycles. The van der Waals surface area contributed by atoms with Gasteiger partial charge in [-0.2, -0.15) is 9.97 Å². The number of hydrogen-bond donors (Lipinski definition) is 0. The quantitative estimate of drug-likeness (QED) is 0.594. The van der Waals surface area contributed by atoms with Crippen LogP contribution >= 0.6 is 0 Å². The third kappa shape index (κ3) is 2.55. The molecule has 0 radical (unpaired) electrons. The molecule has 0 saturated heterocycles. The van der Waals surface area contributed by atoms with Gasteiger partial charge in [-0.05, 0) is 12.1 Å². The van der Waals surface area contributed by atoms with Crippen LogP contribution < -0.4 is 0 Å². The molecule has 0 N–H and O–H groups in total. The molecule has 2 heterocycles. The Labute approximate surface area is 97.9 Å². The van der Waals surface area contributed by atoms with E-state index >= 15 is 0 Å². The molecule has 0 spiro atoms. The monoisotopic (exact) mass is 227 g/mol. The van der Waals surface area contributed by atoms with Crippen LogP contribution in [0.1, 0.15) is 12.2 Å². The molecule has 0 bridgehead atoms. The first-order chi connectivity index (χ1) is 8.33. The summed E-state index contributed by atoms with van der Waals surface area (Å²) in [7, 11) is 0. The maximum Gasteiger partial charge on any atom is 0.371 e. The van der Waals surface area contributed by atoms with Crippen molar-refractivity contribution in [2.45, 2.75) is 12.8 Å². The fourth-order valence-corrected chi connectivity index (χ4v) is 1.37. The van der Waals surface area contributed by atoms with Crippen molar-refractivity contribution in [3.63, 3.8) is 0 Å². The highest BCUT2D eigenvalue weighted by Gasteiger charge is 2.07. The highest BCUT2D eigenvalue weighted by Crippen LogP contribution is 2.22. The van der Waals surface area contributed by atoms with Gasteiger partial charge in [0.1, 0.15) is 17.8 Å². The maximum atomic E-state index is 10.2. The molecule has 0 fully saturated rings. The fourth-order valence-electron chi connectivity index (χ4n) is 1.37. The number of carbonyl (C=O) groups is 1. The molecule has 5 nitrogen and oxygen atoms in total. The standard InChI is InChI=1S/C12H9N3O2/c1-13-12-14-7-9(8-15-12)11-5-4-10(17-11)3-2-6-16/h4-8H,2-3H2. The summed E-state index contributed by atoms with van der Waals surface area (Å²) in [6.45, 7) is 6.74. The Hall–Kier alpha value is -2.48. The van der Waals surface area contributed by atoms with E-state index in [0.717, 1.165) is 17.6 Å². The lowest BCUT2D eigenvalue weighted by Gasteiger charge is -1.94. The second kappa shape index (κ2) is 5.03. The molecule has 17 heavy (non-hydrogen) atoms. The molecule has 2 aromatic rings. The molecule has 0 amide bonds. The Balaban J connectivity index is 2.18. The number of hydrogen-bond acceptors (Lipinski definition) is 4. The average molecular weight is 227 g/mol. The molecule has 84 valence electrons. The van der Waals surface area contributed by atoms with Gasteiger partial charge in [-0.3, -0.25) is 0 Å². The van der Waals surface area contributed by atoms with Gasteiger partial charge in [0.2, 0.25) is 0 Å². The van der Waals surface area contributed by atoms with Crippen molar-refractivity contribution >= 4 is 12.2 Å². The van der Waals surface area contributed by atoms with Crippen molar-refractivity contribution in [2.75, 3.05) is 0 Å². The van der Waals surface area contributed by atoms with Crippen LogP contribution in [-0.4, -0.2) is 16.3 Å². The Kier molecular flexibility index (Phi) is 3.26. The van der Waals surface area contributed by atoms with E-state index in [2.05, 4.69) is 14.8 Å². The van der Waals surface area contributed by atoms with E-state index in [0.29, 0.717) is 18.6 Å². The number of nitrogens with zero attached hydrogens (tertiary/aromatic N) is 3. The summed E-state index contributed by atoms with van der Waals surface area (Å²) >= 11 is 0. The molecule has 0 aromatic carbocycles. The lowest BCUT2D eigenvalue weighted by molar-refractivity contribution is -0.107. The number of aromatic nitrogens is 2. The van der Waals surface area contributed by atoms with Crippen molar-refractivity contribution in [3.05, 3.63) is 41.7 Å². The Bertz CT molecular complexity index is 552. The lowest BCUT2D eigenvalue weighted by Crippen LogP contribution is -1.82. The van der Waals surface area contributed by atoms with Crippen LogP contribution in [-0.2, 0) is 11.2 Å². The van der Waals surface area contributed by atoms with E-state index in [1.807, 2.05) is 6.07 Å². The van der Waals surface area contributed by atoms with E-state index in [-0.39, 0.29) is 5.95 Å². The summed E-state index contributed by atoms with van der Waals surface area (Å²) in [5.74, 6) is 1.50. The number of aldehydes is 1. The molecule has 0 saturated carbocycles. The molecule has 2 aromatic heterocycles. The fraction of sp³-hybridized carbons (Fsp3) is 0.167. The second-order valence-corrected chi connectivity index (χ2v) is 3.35. The maximum absolute atomic E-state index is 10.2. The van der Waals surface area contributed by atoms with E-state index in [4.69, 9.17) is 11.0 Å². The third-order valence-corrected chi connectivity index (χ3v) is 2.19. The minimum absolute atomic E-state index is 0.112. The van der Waals surface area contributed by atoms with Crippen molar-refractivity contribution in [3.8, 4) is 11.3 Å². The first-order valence-corrected chi connectivity index (χ1v) is 5.05. The number of rotatable bonds is 4. The largest absolute Gasteiger partial charge is 0.461 e. The van der Waals surface area contributed by atoms with Crippen LogP contribution in [0.25, 0.3) is 16.2 Å². The number of carbonyl (C=O) groups excluding carboxylic acids is 1. The first kappa shape index (κ1) is 11.0. The van der Waals surface area contributed by atoms with E-state index < -0.39 is 0 Å². The van der Waals surface area contributed by atoms with Crippen LogP contribution in [0.3, 0.4) is 0 Å². The van der Waals surface area contributed by atoms with Gasteiger partial charge < -0.3 is 14.1 Å². The van der Waals surface area contributed by atoms with Crippen LogP contribution in [0, 0.1) is 6.57 Å². The Morgan fingerprint density at radius 3 is 2.76 bits per heavy atom. The first-order valence-electron chi connectivity index (χ1n) is 5.05. The Morgan fingerprint density at radius 1 is 1.35 bits per heavy atom. The summed E-state index contributed by atoms with van der Waals surface area (Å²) in [6, 6.07) is 3.62. The van der Waals surface area contributed by atoms with Crippen LogP contribution in [0.2, 0.25) is 0 Å². The minimum Gasteiger partial charge on any atom is -0.461 e. The van der Waals surface area contributed by atoms with E-state index in [9.17, 15) is 4.79 Å². The van der Waals surface area contributed by atoms with Gasteiger partial charge in [0.05, 0.1) is 18.0 Å². The zero-order valence-corrected chi connectivity index (χ0v) is 8.96. The summed E-state index contributed by atoms with van der Waals surface area (Å²) in [6.07, 6.45) is 4.98. The summed E-state index contributed by atoms with van der Waals surface area (Å²) in [5.41, 5.74) is 0.717. The summed E-state index contributed by atoms with van der Waals surface area (Å²) < 4.78 is 5.53. The van der Waals surface area contributed by atoms with Crippen molar-refractivity contribution in [2.24, 2.45) is 0 Å². The highest BCUT2D eigenvalue weighted by atomic mass is 16.3. The predicted octanol–water partition coefficient (Wildman–Crippen LogP) is 2.42. The van der Waals surface area contributed by atoms with E-state index in [1.54, 1.807) is 18.5 Å². The third-order valence-electron chi connectivity index (χ3n) is 2.19.